The van der Waals surface area contributed by atoms with Crippen LogP contribution in [0.5, 0.6) is 5.88 Å². The number of hydrogen-bond donors (Lipinski definition) is 1. The fourth-order valence-electron chi connectivity index (χ4n) is 1.66. The average molecular weight is 264 g/mol. The number of ether oxygens (including phenoxy) is 1. The summed E-state index contributed by atoms with van der Waals surface area (Å²) in [5.74, 6) is 0.557. The van der Waals surface area contributed by atoms with Crippen LogP contribution in [-0.4, -0.2) is 29.2 Å². The van der Waals surface area contributed by atoms with Gasteiger partial charge in [-0.05, 0) is 37.9 Å². The van der Waals surface area contributed by atoms with Gasteiger partial charge in [-0.3, -0.25) is 0 Å². The first-order chi connectivity index (χ1) is 7.24. The zero-order chi connectivity index (χ0) is 10.7. The minimum absolute atomic E-state index is 0. The Labute approximate surface area is 106 Å². The van der Waals surface area contributed by atoms with Crippen molar-refractivity contribution in [3.8, 4) is 5.88 Å². The van der Waals surface area contributed by atoms with Crippen LogP contribution in [0.1, 0.15) is 18.5 Å². The summed E-state index contributed by atoms with van der Waals surface area (Å²) in [4.78, 5) is 7.97. The summed E-state index contributed by atoms with van der Waals surface area (Å²) in [6.07, 6.45) is 2.38. The molecule has 1 unspecified atom stereocenters. The maximum atomic E-state index is 5.73. The minimum atomic E-state index is 0. The number of nitrogens with one attached hydrogen (secondary N) is 1. The highest BCUT2D eigenvalue weighted by molar-refractivity contribution is 6.28. The second kappa shape index (κ2) is 6.23. The molecule has 0 radical (unpaired) electrons. The fraction of sp³-hybridized carbons (Fsp3) is 0.600. The second-order valence-electron chi connectivity index (χ2n) is 3.72. The van der Waals surface area contributed by atoms with Gasteiger partial charge in [-0.25, -0.2) is 4.98 Å². The van der Waals surface area contributed by atoms with E-state index in [0.29, 0.717) is 18.5 Å². The zero-order valence-corrected chi connectivity index (χ0v) is 10.6. The molecule has 16 heavy (non-hydrogen) atoms. The Bertz CT molecular complexity index is 323. The van der Waals surface area contributed by atoms with E-state index in [1.54, 1.807) is 6.07 Å². The molecule has 1 aliphatic rings. The molecule has 0 amide bonds. The third-order valence-corrected chi connectivity index (χ3v) is 2.57. The Morgan fingerprint density at radius 3 is 3.00 bits per heavy atom. The van der Waals surface area contributed by atoms with E-state index in [9.17, 15) is 0 Å². The molecule has 1 aromatic heterocycles. The molecule has 1 saturated heterocycles. The molecule has 0 spiro atoms. The standard InChI is InChI=1S/C10H14ClN3O.ClH/c1-7-5-9(14-10(11)13-7)15-6-8-3-2-4-12-8;/h5,8,12H,2-4,6H2,1H3;1H. The Kier molecular flexibility index (Phi) is 5.25. The molecular formula is C10H15Cl2N3O. The van der Waals surface area contributed by atoms with Crippen molar-refractivity contribution in [2.75, 3.05) is 13.2 Å². The molecule has 0 saturated carbocycles. The fourth-order valence-corrected chi connectivity index (χ4v) is 1.88. The van der Waals surface area contributed by atoms with Crippen LogP contribution in [0, 0.1) is 6.92 Å². The largest absolute Gasteiger partial charge is 0.476 e. The average Bonchev–Trinajstić information content (AvgIpc) is 2.65. The van der Waals surface area contributed by atoms with Crippen LogP contribution >= 0.6 is 24.0 Å². The van der Waals surface area contributed by atoms with Crippen molar-refractivity contribution < 1.29 is 4.74 Å². The highest BCUT2D eigenvalue weighted by Crippen LogP contribution is 2.13. The van der Waals surface area contributed by atoms with Crippen LogP contribution in [-0.2, 0) is 0 Å². The van der Waals surface area contributed by atoms with E-state index in [1.165, 1.54) is 6.42 Å². The molecule has 1 fully saturated rings. The molecule has 0 bridgehead atoms. The third kappa shape index (κ3) is 3.77. The van der Waals surface area contributed by atoms with Gasteiger partial charge in [0.2, 0.25) is 11.2 Å². The van der Waals surface area contributed by atoms with Crippen LogP contribution in [0.15, 0.2) is 6.07 Å². The van der Waals surface area contributed by atoms with Gasteiger partial charge in [0.15, 0.2) is 0 Å². The lowest BCUT2D eigenvalue weighted by Crippen LogP contribution is -2.28. The topological polar surface area (TPSA) is 47.0 Å². The van der Waals surface area contributed by atoms with E-state index in [4.69, 9.17) is 16.3 Å². The maximum Gasteiger partial charge on any atom is 0.225 e. The minimum Gasteiger partial charge on any atom is -0.476 e. The van der Waals surface area contributed by atoms with Gasteiger partial charge in [-0.1, -0.05) is 0 Å². The van der Waals surface area contributed by atoms with E-state index in [-0.39, 0.29) is 17.7 Å². The van der Waals surface area contributed by atoms with Crippen molar-refractivity contribution in [3.05, 3.63) is 17.0 Å². The summed E-state index contributed by atoms with van der Waals surface area (Å²) in [5.41, 5.74) is 0.824. The molecule has 90 valence electrons. The molecule has 1 N–H and O–H groups in total. The molecule has 0 aliphatic carbocycles. The lowest BCUT2D eigenvalue weighted by molar-refractivity contribution is 0.267. The Balaban J connectivity index is 0.00000128. The third-order valence-electron chi connectivity index (χ3n) is 2.40. The Morgan fingerprint density at radius 1 is 1.56 bits per heavy atom. The van der Waals surface area contributed by atoms with Gasteiger partial charge in [0, 0.05) is 17.8 Å². The van der Waals surface area contributed by atoms with Crippen LogP contribution < -0.4 is 10.1 Å². The van der Waals surface area contributed by atoms with E-state index >= 15 is 0 Å². The van der Waals surface area contributed by atoms with E-state index < -0.39 is 0 Å². The number of halogens is 2. The number of hydrogen-bond acceptors (Lipinski definition) is 4. The number of nitrogens with zero attached hydrogens (tertiary/aromatic N) is 2. The van der Waals surface area contributed by atoms with Crippen molar-refractivity contribution in [3.63, 3.8) is 0 Å². The van der Waals surface area contributed by atoms with E-state index in [2.05, 4.69) is 15.3 Å². The Hall–Kier alpha value is -0.580. The summed E-state index contributed by atoms with van der Waals surface area (Å²) in [5, 5.41) is 3.59. The van der Waals surface area contributed by atoms with Crippen LogP contribution in [0.3, 0.4) is 0 Å². The van der Waals surface area contributed by atoms with E-state index in [1.807, 2.05) is 6.92 Å². The lowest BCUT2D eigenvalue weighted by atomic mass is 10.2. The summed E-state index contributed by atoms with van der Waals surface area (Å²) in [7, 11) is 0. The van der Waals surface area contributed by atoms with Gasteiger partial charge < -0.3 is 10.1 Å². The summed E-state index contributed by atoms with van der Waals surface area (Å²) < 4.78 is 5.55. The predicted octanol–water partition coefficient (Wildman–Crippen LogP) is 1.99. The number of aryl methyl sites for hydroxylation is 1. The molecular weight excluding hydrogens is 249 g/mol. The second-order valence-corrected chi connectivity index (χ2v) is 4.06. The molecule has 6 heteroatoms. The number of rotatable bonds is 3. The van der Waals surface area contributed by atoms with Crippen molar-refractivity contribution in [1.82, 2.24) is 15.3 Å². The van der Waals surface area contributed by atoms with Gasteiger partial charge in [0.1, 0.15) is 6.61 Å². The molecule has 0 aromatic carbocycles. The highest BCUT2D eigenvalue weighted by atomic mass is 35.5. The van der Waals surface area contributed by atoms with Crippen molar-refractivity contribution in [2.24, 2.45) is 0 Å². The molecule has 4 nitrogen and oxygen atoms in total. The monoisotopic (exact) mass is 263 g/mol. The van der Waals surface area contributed by atoms with Gasteiger partial charge >= 0.3 is 0 Å². The first-order valence-corrected chi connectivity index (χ1v) is 5.49. The summed E-state index contributed by atoms with van der Waals surface area (Å²) in [6, 6.07) is 2.24. The van der Waals surface area contributed by atoms with Crippen molar-refractivity contribution >= 4 is 24.0 Å². The van der Waals surface area contributed by atoms with Crippen LogP contribution in [0.2, 0.25) is 5.28 Å². The molecule has 1 aromatic rings. The van der Waals surface area contributed by atoms with Crippen molar-refractivity contribution in [1.29, 1.82) is 0 Å². The lowest BCUT2D eigenvalue weighted by Gasteiger charge is -2.11. The normalized spacial score (nSPS) is 19.2. The van der Waals surface area contributed by atoms with E-state index in [0.717, 1.165) is 18.7 Å². The maximum absolute atomic E-state index is 5.73. The van der Waals surface area contributed by atoms with Crippen LogP contribution in [0.25, 0.3) is 0 Å². The smallest absolute Gasteiger partial charge is 0.225 e. The molecule has 2 heterocycles. The van der Waals surface area contributed by atoms with Gasteiger partial charge in [-0.2, -0.15) is 4.98 Å². The SMILES string of the molecule is Cc1cc(OCC2CCCN2)nc(Cl)n1.Cl. The highest BCUT2D eigenvalue weighted by Gasteiger charge is 2.14. The first-order valence-electron chi connectivity index (χ1n) is 5.11. The van der Waals surface area contributed by atoms with Crippen molar-refractivity contribution in [2.45, 2.75) is 25.8 Å². The van der Waals surface area contributed by atoms with Gasteiger partial charge in [0.25, 0.3) is 0 Å². The Morgan fingerprint density at radius 2 is 2.38 bits per heavy atom. The first kappa shape index (κ1) is 13.5. The molecule has 1 atom stereocenters. The number of aromatic nitrogens is 2. The zero-order valence-electron chi connectivity index (χ0n) is 9.07. The summed E-state index contributed by atoms with van der Waals surface area (Å²) >= 11 is 5.73. The van der Waals surface area contributed by atoms with Crippen LogP contribution in [0.4, 0.5) is 0 Å². The molecule has 2 rings (SSSR count). The van der Waals surface area contributed by atoms with Gasteiger partial charge in [0.05, 0.1) is 0 Å². The predicted molar refractivity (Wildman–Crippen MR) is 65.5 cm³/mol. The van der Waals surface area contributed by atoms with Gasteiger partial charge in [-0.15, -0.1) is 12.4 Å². The molecule has 1 aliphatic heterocycles. The quantitative estimate of drug-likeness (QED) is 0.848. The summed E-state index contributed by atoms with van der Waals surface area (Å²) in [6.45, 7) is 3.60.